The third-order valence-electron chi connectivity index (χ3n) is 5.58. The molecule has 3 aromatic rings. The van der Waals surface area contributed by atoms with Gasteiger partial charge in [-0.2, -0.15) is 0 Å². The largest absolute Gasteiger partial charge is 0.507 e. The minimum Gasteiger partial charge on any atom is -0.507 e. The van der Waals surface area contributed by atoms with Gasteiger partial charge in [-0.1, -0.05) is 11.6 Å². The molecule has 0 spiro atoms. The van der Waals surface area contributed by atoms with E-state index in [-0.39, 0.29) is 59.2 Å². The summed E-state index contributed by atoms with van der Waals surface area (Å²) in [5.74, 6) is -0.475. The molecule has 2 aromatic carbocycles. The Balaban J connectivity index is 0.00000256. The Bertz CT molecular complexity index is 1170. The summed E-state index contributed by atoms with van der Waals surface area (Å²) in [5.41, 5.74) is 0.744. The molecular formula is C21H20BrCl2NO5. The molecule has 3 N–H and O–H groups in total. The third-order valence-corrected chi connectivity index (χ3v) is 6.47. The van der Waals surface area contributed by atoms with E-state index in [9.17, 15) is 20.1 Å². The van der Waals surface area contributed by atoms with Gasteiger partial charge in [0.2, 0.25) is 0 Å². The summed E-state index contributed by atoms with van der Waals surface area (Å²) in [4.78, 5) is 14.9. The quantitative estimate of drug-likeness (QED) is 0.475. The fourth-order valence-electron chi connectivity index (χ4n) is 4.11. The molecule has 0 amide bonds. The van der Waals surface area contributed by atoms with Gasteiger partial charge in [0.25, 0.3) is 0 Å². The van der Waals surface area contributed by atoms with Gasteiger partial charge in [0, 0.05) is 44.7 Å². The van der Waals surface area contributed by atoms with Crippen LogP contribution < -0.4 is 5.43 Å². The van der Waals surface area contributed by atoms with Gasteiger partial charge in [0.05, 0.1) is 6.61 Å². The van der Waals surface area contributed by atoms with E-state index in [4.69, 9.17) is 16.0 Å². The average molecular weight is 517 g/mol. The number of fused-ring (bicyclic) bond motifs is 1. The third kappa shape index (κ3) is 3.81. The Labute approximate surface area is 192 Å². The van der Waals surface area contributed by atoms with Crippen molar-refractivity contribution in [2.24, 2.45) is 0 Å². The Morgan fingerprint density at radius 2 is 1.97 bits per heavy atom. The van der Waals surface area contributed by atoms with Gasteiger partial charge in [-0.25, -0.2) is 0 Å². The van der Waals surface area contributed by atoms with Crippen LogP contribution in [0.2, 0.25) is 5.02 Å². The summed E-state index contributed by atoms with van der Waals surface area (Å²) in [6.45, 7) is 0.625. The summed E-state index contributed by atoms with van der Waals surface area (Å²) in [5, 5.41) is 31.4. The van der Waals surface area contributed by atoms with Crippen molar-refractivity contribution in [2.45, 2.75) is 18.4 Å². The van der Waals surface area contributed by atoms with E-state index in [0.717, 1.165) is 6.54 Å². The van der Waals surface area contributed by atoms with Crippen LogP contribution in [0, 0.1) is 0 Å². The molecule has 1 fully saturated rings. The van der Waals surface area contributed by atoms with Crippen molar-refractivity contribution in [3.05, 3.63) is 55.6 Å². The van der Waals surface area contributed by atoms with Crippen molar-refractivity contribution in [3.8, 4) is 22.8 Å². The zero-order valence-electron chi connectivity index (χ0n) is 15.9. The summed E-state index contributed by atoms with van der Waals surface area (Å²) in [7, 11) is 1.90. The van der Waals surface area contributed by atoms with Crippen LogP contribution in [0.4, 0.5) is 0 Å². The second-order valence-corrected chi connectivity index (χ2v) is 8.55. The SMILES string of the molecule is CN1CCC(c2c(O)cc(O)c3c(=O)cc(-c4ccc(Cl)cc4Br)oc23)C1CO.Cl. The lowest BCUT2D eigenvalue weighted by atomic mass is 9.89. The highest BCUT2D eigenvalue weighted by Gasteiger charge is 2.36. The van der Waals surface area contributed by atoms with Crippen molar-refractivity contribution in [1.29, 1.82) is 0 Å². The maximum atomic E-state index is 12.9. The first kappa shape index (κ1) is 22.9. The standard InChI is InChI=1S/C21H19BrClNO5.ClH/c1-24-5-4-12(14(24)9-25)19-15(26)7-16(27)20-17(28)8-18(29-21(19)20)11-3-2-10(23)6-13(11)22;/h2-3,6-8,12,14,25-27H,4-5,9H2,1H3;1H. The van der Waals surface area contributed by atoms with Crippen LogP contribution in [-0.4, -0.2) is 46.5 Å². The first-order chi connectivity index (χ1) is 13.8. The molecule has 9 heteroatoms. The van der Waals surface area contributed by atoms with E-state index in [1.165, 1.54) is 12.1 Å². The molecule has 1 aromatic heterocycles. The Morgan fingerprint density at radius 3 is 2.63 bits per heavy atom. The van der Waals surface area contributed by atoms with Crippen LogP contribution >= 0.6 is 39.9 Å². The van der Waals surface area contributed by atoms with E-state index in [0.29, 0.717) is 27.0 Å². The lowest BCUT2D eigenvalue weighted by molar-refractivity contribution is 0.172. The Morgan fingerprint density at radius 1 is 1.23 bits per heavy atom. The van der Waals surface area contributed by atoms with E-state index < -0.39 is 5.43 Å². The molecule has 0 bridgehead atoms. The number of phenols is 2. The molecule has 160 valence electrons. The van der Waals surface area contributed by atoms with Crippen LogP contribution in [0.25, 0.3) is 22.3 Å². The summed E-state index contributed by atoms with van der Waals surface area (Å²) in [6.07, 6.45) is 0.674. The molecule has 2 heterocycles. The second kappa shape index (κ2) is 8.77. The van der Waals surface area contributed by atoms with Crippen molar-refractivity contribution >= 4 is 50.9 Å². The van der Waals surface area contributed by atoms with Gasteiger partial charge >= 0.3 is 0 Å². The first-order valence-corrected chi connectivity index (χ1v) is 10.3. The topological polar surface area (TPSA) is 94.1 Å². The number of likely N-dealkylation sites (N-methyl/N-ethyl adjacent to an activating group) is 1. The second-order valence-electron chi connectivity index (χ2n) is 7.26. The maximum Gasteiger partial charge on any atom is 0.197 e. The van der Waals surface area contributed by atoms with Crippen LogP contribution in [-0.2, 0) is 0 Å². The normalized spacial score (nSPS) is 19.2. The lowest BCUT2D eigenvalue weighted by Gasteiger charge is -2.24. The number of rotatable bonds is 3. The van der Waals surface area contributed by atoms with E-state index in [2.05, 4.69) is 15.9 Å². The van der Waals surface area contributed by atoms with Crippen LogP contribution in [0.15, 0.2) is 44.0 Å². The van der Waals surface area contributed by atoms with Gasteiger partial charge < -0.3 is 24.6 Å². The molecule has 0 aliphatic carbocycles. The molecule has 1 saturated heterocycles. The smallest absolute Gasteiger partial charge is 0.197 e. The van der Waals surface area contributed by atoms with Crippen LogP contribution in [0.3, 0.4) is 0 Å². The van der Waals surface area contributed by atoms with Gasteiger partial charge in [-0.3, -0.25) is 4.79 Å². The maximum absolute atomic E-state index is 12.9. The molecule has 1 aliphatic rings. The summed E-state index contributed by atoms with van der Waals surface area (Å²) in [6, 6.07) is 7.33. The molecule has 0 saturated carbocycles. The van der Waals surface area contributed by atoms with Gasteiger partial charge in [-0.15, -0.1) is 12.4 Å². The van der Waals surface area contributed by atoms with Crippen molar-refractivity contribution in [1.82, 2.24) is 4.90 Å². The molecule has 30 heavy (non-hydrogen) atoms. The predicted molar refractivity (Wildman–Crippen MR) is 122 cm³/mol. The van der Waals surface area contributed by atoms with Gasteiger partial charge in [0.1, 0.15) is 28.2 Å². The summed E-state index contributed by atoms with van der Waals surface area (Å²) >= 11 is 9.44. The van der Waals surface area contributed by atoms with E-state index in [1.807, 2.05) is 11.9 Å². The molecule has 1 aliphatic heterocycles. The molecule has 0 radical (unpaired) electrons. The summed E-state index contributed by atoms with van der Waals surface area (Å²) < 4.78 is 6.74. The van der Waals surface area contributed by atoms with Gasteiger partial charge in [-0.05, 0) is 54.1 Å². The van der Waals surface area contributed by atoms with Crippen molar-refractivity contribution in [3.63, 3.8) is 0 Å². The number of aliphatic hydroxyl groups is 1. The van der Waals surface area contributed by atoms with Crippen LogP contribution in [0.5, 0.6) is 11.5 Å². The molecular weight excluding hydrogens is 497 g/mol. The monoisotopic (exact) mass is 515 g/mol. The van der Waals surface area contributed by atoms with E-state index >= 15 is 0 Å². The number of aliphatic hydroxyl groups excluding tert-OH is 1. The highest BCUT2D eigenvalue weighted by Crippen LogP contribution is 2.44. The molecule has 2 unspecified atom stereocenters. The minimum absolute atomic E-state index is 0. The number of likely N-dealkylation sites (tertiary alicyclic amines) is 1. The number of hydrogen-bond donors (Lipinski definition) is 3. The molecule has 6 nitrogen and oxygen atoms in total. The minimum atomic E-state index is -0.422. The lowest BCUT2D eigenvalue weighted by Crippen LogP contribution is -2.32. The number of halogens is 3. The van der Waals surface area contributed by atoms with Crippen LogP contribution in [0.1, 0.15) is 17.9 Å². The Hall–Kier alpha value is -1.77. The number of nitrogens with zero attached hydrogens (tertiary/aromatic N) is 1. The van der Waals surface area contributed by atoms with E-state index in [1.54, 1.807) is 18.2 Å². The van der Waals surface area contributed by atoms with Gasteiger partial charge in [0.15, 0.2) is 5.43 Å². The van der Waals surface area contributed by atoms with Crippen molar-refractivity contribution < 1.29 is 19.7 Å². The number of phenolic OH excluding ortho intramolecular Hbond substituents is 2. The highest BCUT2D eigenvalue weighted by molar-refractivity contribution is 9.10. The zero-order valence-corrected chi connectivity index (χ0v) is 19.1. The molecule has 4 rings (SSSR count). The fourth-order valence-corrected chi connectivity index (χ4v) is 4.99. The predicted octanol–water partition coefficient (Wildman–Crippen LogP) is 4.49. The van der Waals surface area contributed by atoms with Crippen molar-refractivity contribution in [2.75, 3.05) is 20.2 Å². The average Bonchev–Trinajstić information content (AvgIpc) is 3.01. The fraction of sp³-hybridized carbons (Fsp3) is 0.286. The first-order valence-electron chi connectivity index (χ1n) is 9.11. The Kier molecular flexibility index (Phi) is 6.69. The number of hydrogen-bond acceptors (Lipinski definition) is 6. The zero-order chi connectivity index (χ0) is 20.9. The number of aromatic hydroxyl groups is 2. The number of benzene rings is 2. The molecule has 2 atom stereocenters. The highest BCUT2D eigenvalue weighted by atomic mass is 79.9.